The van der Waals surface area contributed by atoms with Gasteiger partial charge in [-0.05, 0) is 57.1 Å². The molecule has 0 aliphatic carbocycles. The average molecular weight is 471 g/mol. The molecule has 0 unspecified atom stereocenters. The molecule has 2 bridgehead atoms. The Hall–Kier alpha value is -2.51. The number of carbonyl (C=O) groups excluding carboxylic acids is 3. The van der Waals surface area contributed by atoms with Crippen LogP contribution in [0.1, 0.15) is 62.2 Å². The minimum absolute atomic E-state index is 0.0371. The number of aliphatic hydroxyl groups is 1. The van der Waals surface area contributed by atoms with Crippen LogP contribution in [0.4, 0.5) is 0 Å². The fraction of sp³-hybridized carbons (Fsp3) is 0.593. The summed E-state index contributed by atoms with van der Waals surface area (Å²) in [5.41, 5.74) is 0.639. The van der Waals surface area contributed by atoms with Gasteiger partial charge >= 0.3 is 0 Å². The number of ether oxygens (including phenoxy) is 1. The summed E-state index contributed by atoms with van der Waals surface area (Å²) in [6.07, 6.45) is 10.0. The van der Waals surface area contributed by atoms with Gasteiger partial charge in [-0.1, -0.05) is 30.4 Å². The van der Waals surface area contributed by atoms with Crippen LogP contribution < -0.4 is 5.32 Å². The van der Waals surface area contributed by atoms with Crippen LogP contribution in [0, 0.1) is 11.8 Å². The number of nitrogens with zero attached hydrogens (tertiary/aromatic N) is 1. The number of nitrogens with one attached hydrogen (secondary N) is 1. The summed E-state index contributed by atoms with van der Waals surface area (Å²) >= 11 is 0. The van der Waals surface area contributed by atoms with E-state index in [4.69, 9.17) is 9.84 Å². The number of hydrogen-bond donors (Lipinski definition) is 2. The van der Waals surface area contributed by atoms with Crippen molar-refractivity contribution in [1.29, 1.82) is 0 Å². The van der Waals surface area contributed by atoms with Crippen LogP contribution >= 0.6 is 0 Å². The third kappa shape index (κ3) is 7.24. The SMILES string of the molecule is CCN(CCC(=O)NC[C@H]1[C@@H](CC=CCCCC(=O)CO)[C@H]2CC[C@@H]1O2)C(=O)c1ccccc1. The first-order valence-electron chi connectivity index (χ1n) is 12.6. The van der Waals surface area contributed by atoms with E-state index in [0.29, 0.717) is 43.5 Å². The minimum atomic E-state index is -0.376. The lowest BCUT2D eigenvalue weighted by Crippen LogP contribution is -2.40. The highest BCUT2D eigenvalue weighted by Crippen LogP contribution is 2.44. The zero-order valence-electron chi connectivity index (χ0n) is 20.2. The number of ketones is 1. The van der Waals surface area contributed by atoms with Crippen LogP contribution in [0.3, 0.4) is 0 Å². The number of benzene rings is 1. The topological polar surface area (TPSA) is 95.9 Å². The van der Waals surface area contributed by atoms with E-state index >= 15 is 0 Å². The summed E-state index contributed by atoms with van der Waals surface area (Å²) in [6, 6.07) is 9.15. The van der Waals surface area contributed by atoms with Gasteiger partial charge in [0.15, 0.2) is 5.78 Å². The van der Waals surface area contributed by atoms with Gasteiger partial charge in [0.25, 0.3) is 5.91 Å². The largest absolute Gasteiger partial charge is 0.389 e. The van der Waals surface area contributed by atoms with E-state index in [2.05, 4.69) is 17.5 Å². The molecule has 0 saturated carbocycles. The van der Waals surface area contributed by atoms with Gasteiger partial charge in [0.05, 0.1) is 12.2 Å². The highest BCUT2D eigenvalue weighted by Gasteiger charge is 2.47. The van der Waals surface area contributed by atoms with Crippen molar-refractivity contribution >= 4 is 17.6 Å². The van der Waals surface area contributed by atoms with Crippen molar-refractivity contribution in [2.75, 3.05) is 26.2 Å². The Morgan fingerprint density at radius 3 is 2.53 bits per heavy atom. The summed E-state index contributed by atoms with van der Waals surface area (Å²) in [4.78, 5) is 38.1. The Balaban J connectivity index is 1.41. The van der Waals surface area contributed by atoms with Gasteiger partial charge < -0.3 is 20.1 Å². The molecule has 3 rings (SSSR count). The quantitative estimate of drug-likeness (QED) is 0.322. The van der Waals surface area contributed by atoms with Crippen LogP contribution in [0.5, 0.6) is 0 Å². The third-order valence-corrected chi connectivity index (χ3v) is 7.00. The number of carbonyl (C=O) groups is 3. The number of allylic oxidation sites excluding steroid dienone is 2. The molecule has 1 aromatic rings. The smallest absolute Gasteiger partial charge is 0.253 e. The highest BCUT2D eigenvalue weighted by atomic mass is 16.5. The molecule has 2 fully saturated rings. The van der Waals surface area contributed by atoms with E-state index in [-0.39, 0.29) is 42.8 Å². The third-order valence-electron chi connectivity index (χ3n) is 7.00. The molecule has 2 aliphatic rings. The maximum Gasteiger partial charge on any atom is 0.253 e. The molecule has 2 heterocycles. The van der Waals surface area contributed by atoms with Crippen molar-refractivity contribution in [2.24, 2.45) is 11.8 Å². The van der Waals surface area contributed by atoms with Gasteiger partial charge in [-0.3, -0.25) is 14.4 Å². The van der Waals surface area contributed by atoms with Gasteiger partial charge in [-0.25, -0.2) is 0 Å². The number of hydrogen-bond acceptors (Lipinski definition) is 5. The normalized spacial score (nSPS) is 23.4. The Morgan fingerprint density at radius 2 is 1.82 bits per heavy atom. The number of fused-ring (bicyclic) bond motifs is 2. The average Bonchev–Trinajstić information content (AvgIpc) is 3.47. The van der Waals surface area contributed by atoms with Crippen LogP contribution in [0.15, 0.2) is 42.5 Å². The number of amides is 2. The second-order valence-corrected chi connectivity index (χ2v) is 9.22. The van der Waals surface area contributed by atoms with Crippen molar-refractivity contribution in [3.63, 3.8) is 0 Å². The summed E-state index contributed by atoms with van der Waals surface area (Å²) in [5.74, 6) is 0.491. The van der Waals surface area contributed by atoms with E-state index in [1.807, 2.05) is 25.1 Å². The Labute approximate surface area is 202 Å². The number of Topliss-reactive ketones (excluding diaryl/α,β-unsaturated/α-hetero) is 1. The van der Waals surface area contributed by atoms with Crippen molar-refractivity contribution in [2.45, 2.75) is 64.1 Å². The van der Waals surface area contributed by atoms with E-state index in [0.717, 1.165) is 32.1 Å². The second kappa shape index (κ2) is 13.4. The van der Waals surface area contributed by atoms with Crippen LogP contribution in [0.25, 0.3) is 0 Å². The van der Waals surface area contributed by atoms with Crippen LogP contribution in [-0.4, -0.2) is 66.1 Å². The standard InChI is InChI=1S/C27H38N2O5/c1-2-29(27(33)20-10-6-5-7-11-20)17-16-26(32)28-18-23-22(24-14-15-25(23)34-24)13-9-4-3-8-12-21(31)19-30/h4-7,9-11,22-25,30H,2-3,8,12-19H2,1H3,(H,28,32)/t22-,23+,24-,25+/m1/s1. The first kappa shape index (κ1) is 26.1. The fourth-order valence-corrected chi connectivity index (χ4v) is 5.07. The molecule has 2 aliphatic heterocycles. The van der Waals surface area contributed by atoms with E-state index in [1.165, 1.54) is 0 Å². The van der Waals surface area contributed by atoms with Crippen LogP contribution in [0.2, 0.25) is 0 Å². The Bertz CT molecular complexity index is 841. The molecular formula is C27H38N2O5. The fourth-order valence-electron chi connectivity index (χ4n) is 5.07. The molecule has 1 aromatic carbocycles. The van der Waals surface area contributed by atoms with Gasteiger partial charge in [-0.2, -0.15) is 0 Å². The minimum Gasteiger partial charge on any atom is -0.389 e. The molecule has 4 atom stereocenters. The first-order chi connectivity index (χ1) is 16.5. The Kier molecular flexibility index (Phi) is 10.3. The predicted molar refractivity (Wildman–Crippen MR) is 130 cm³/mol. The molecule has 2 saturated heterocycles. The van der Waals surface area contributed by atoms with Crippen molar-refractivity contribution < 1.29 is 24.2 Å². The zero-order valence-corrected chi connectivity index (χ0v) is 20.2. The molecule has 2 N–H and O–H groups in total. The summed E-state index contributed by atoms with van der Waals surface area (Å²) in [7, 11) is 0. The molecule has 0 radical (unpaired) electrons. The second-order valence-electron chi connectivity index (χ2n) is 9.22. The molecule has 0 spiro atoms. The molecular weight excluding hydrogens is 432 g/mol. The predicted octanol–water partition coefficient (Wildman–Crippen LogP) is 3.13. The molecule has 7 heteroatoms. The zero-order chi connectivity index (χ0) is 24.3. The lowest BCUT2D eigenvalue weighted by atomic mass is 9.77. The van der Waals surface area contributed by atoms with E-state index < -0.39 is 0 Å². The van der Waals surface area contributed by atoms with Gasteiger partial charge in [0.1, 0.15) is 6.61 Å². The first-order valence-corrected chi connectivity index (χ1v) is 12.6. The van der Waals surface area contributed by atoms with Crippen molar-refractivity contribution in [3.8, 4) is 0 Å². The Morgan fingerprint density at radius 1 is 1.09 bits per heavy atom. The summed E-state index contributed by atoms with van der Waals surface area (Å²) in [5, 5.41) is 11.9. The van der Waals surface area contributed by atoms with Crippen molar-refractivity contribution in [1.82, 2.24) is 10.2 Å². The summed E-state index contributed by atoms with van der Waals surface area (Å²) in [6.45, 7) is 3.10. The van der Waals surface area contributed by atoms with Gasteiger partial charge in [-0.15, -0.1) is 0 Å². The lowest BCUT2D eigenvalue weighted by Gasteiger charge is -2.27. The number of unbranched alkanes of at least 4 members (excludes halogenated alkanes) is 1. The lowest BCUT2D eigenvalue weighted by molar-refractivity contribution is -0.122. The monoisotopic (exact) mass is 470 g/mol. The number of rotatable bonds is 14. The van der Waals surface area contributed by atoms with Crippen molar-refractivity contribution in [3.05, 3.63) is 48.0 Å². The number of aliphatic hydroxyl groups excluding tert-OH is 1. The maximum absolute atomic E-state index is 12.6. The molecule has 2 amide bonds. The van der Waals surface area contributed by atoms with Crippen LogP contribution in [-0.2, 0) is 14.3 Å². The molecule has 34 heavy (non-hydrogen) atoms. The van der Waals surface area contributed by atoms with E-state index in [1.54, 1.807) is 17.0 Å². The van der Waals surface area contributed by atoms with E-state index in [9.17, 15) is 14.4 Å². The summed E-state index contributed by atoms with van der Waals surface area (Å²) < 4.78 is 6.14. The van der Waals surface area contributed by atoms with Gasteiger partial charge in [0.2, 0.25) is 5.91 Å². The highest BCUT2D eigenvalue weighted by molar-refractivity contribution is 5.94. The molecule has 0 aromatic heterocycles. The molecule has 7 nitrogen and oxygen atoms in total. The maximum atomic E-state index is 12.6. The van der Waals surface area contributed by atoms with Gasteiger partial charge in [0, 0.05) is 44.0 Å². The molecule has 186 valence electrons.